The van der Waals surface area contributed by atoms with Crippen molar-refractivity contribution >= 4 is 29.9 Å². The van der Waals surface area contributed by atoms with Gasteiger partial charge >= 0.3 is 17.9 Å². The van der Waals surface area contributed by atoms with Gasteiger partial charge in [-0.25, -0.2) is 14.4 Å². The summed E-state index contributed by atoms with van der Waals surface area (Å²) in [6.07, 6.45) is 2.86. The fourth-order valence-corrected chi connectivity index (χ4v) is 2.54. The number of nitrogens with one attached hydrogen (secondary N) is 1. The summed E-state index contributed by atoms with van der Waals surface area (Å²) in [4.78, 5) is 48.2. The van der Waals surface area contributed by atoms with Crippen molar-refractivity contribution in [2.75, 3.05) is 21.3 Å². The van der Waals surface area contributed by atoms with Crippen LogP contribution in [0.4, 0.5) is 0 Å². The van der Waals surface area contributed by atoms with Crippen LogP contribution < -0.4 is 14.8 Å². The molecule has 0 aliphatic heterocycles. The highest BCUT2D eigenvalue weighted by Gasteiger charge is 2.20. The highest BCUT2D eigenvalue weighted by Crippen LogP contribution is 2.20. The van der Waals surface area contributed by atoms with Crippen molar-refractivity contribution in [1.82, 2.24) is 5.32 Å². The van der Waals surface area contributed by atoms with Crippen LogP contribution in [0.15, 0.2) is 48.5 Å². The van der Waals surface area contributed by atoms with Gasteiger partial charge in [0.1, 0.15) is 17.5 Å². The zero-order valence-corrected chi connectivity index (χ0v) is 18.0. The number of esters is 3. The summed E-state index contributed by atoms with van der Waals surface area (Å²) in [6.45, 7) is 1.44. The van der Waals surface area contributed by atoms with Crippen molar-refractivity contribution in [3.05, 3.63) is 65.2 Å². The summed E-state index contributed by atoms with van der Waals surface area (Å²) in [6, 6.07) is 9.78. The number of methoxy groups -OCH3 is 3. The fraction of sp³-hybridized carbons (Fsp3) is 0.217. The Morgan fingerprint density at radius 2 is 1.41 bits per heavy atom. The molecule has 0 saturated heterocycles. The molecule has 168 valence electrons. The van der Waals surface area contributed by atoms with E-state index >= 15 is 0 Å². The number of benzene rings is 2. The Morgan fingerprint density at radius 1 is 0.844 bits per heavy atom. The normalized spacial score (nSPS) is 11.4. The molecule has 0 fully saturated rings. The van der Waals surface area contributed by atoms with E-state index in [9.17, 15) is 19.2 Å². The lowest BCUT2D eigenvalue weighted by atomic mass is 10.1. The predicted molar refractivity (Wildman–Crippen MR) is 114 cm³/mol. The van der Waals surface area contributed by atoms with E-state index in [1.807, 2.05) is 0 Å². The first-order valence-electron chi connectivity index (χ1n) is 9.43. The zero-order valence-electron chi connectivity index (χ0n) is 18.0. The third-order valence-electron chi connectivity index (χ3n) is 4.22. The quantitative estimate of drug-likeness (QED) is 0.377. The highest BCUT2D eigenvalue weighted by molar-refractivity contribution is 5.97. The van der Waals surface area contributed by atoms with Gasteiger partial charge < -0.3 is 24.3 Å². The second-order valence-corrected chi connectivity index (χ2v) is 6.49. The highest BCUT2D eigenvalue weighted by atomic mass is 16.5. The molecule has 2 rings (SSSR count). The molecule has 0 aliphatic rings. The lowest BCUT2D eigenvalue weighted by Crippen LogP contribution is -2.40. The first-order chi connectivity index (χ1) is 15.3. The number of ether oxygens (including phenoxy) is 4. The van der Waals surface area contributed by atoms with Gasteiger partial charge in [-0.1, -0.05) is 12.1 Å². The Labute approximate surface area is 184 Å². The molecule has 32 heavy (non-hydrogen) atoms. The molecule has 2 aromatic rings. The molecule has 0 spiro atoms. The first-order valence-corrected chi connectivity index (χ1v) is 9.43. The summed E-state index contributed by atoms with van der Waals surface area (Å²) >= 11 is 0. The number of hydrogen-bond acceptors (Lipinski definition) is 8. The van der Waals surface area contributed by atoms with Gasteiger partial charge in [-0.3, -0.25) is 4.79 Å². The van der Waals surface area contributed by atoms with Crippen LogP contribution in [0.25, 0.3) is 6.08 Å². The lowest BCUT2D eigenvalue weighted by molar-refractivity contribution is -0.138. The van der Waals surface area contributed by atoms with Crippen LogP contribution in [0.1, 0.15) is 33.2 Å². The maximum Gasteiger partial charge on any atom is 0.338 e. The largest absolute Gasteiger partial charge is 0.497 e. The molecule has 1 amide bonds. The minimum absolute atomic E-state index is 0.00249. The molecule has 9 heteroatoms. The summed E-state index contributed by atoms with van der Waals surface area (Å²) in [5.41, 5.74) is 0.765. The molecule has 0 bridgehead atoms. The average molecular weight is 441 g/mol. The Balaban J connectivity index is 2.05. The van der Waals surface area contributed by atoms with Crippen molar-refractivity contribution in [3.8, 4) is 11.5 Å². The van der Waals surface area contributed by atoms with E-state index in [0.717, 1.165) is 5.56 Å². The molecule has 9 nitrogen and oxygen atoms in total. The second-order valence-electron chi connectivity index (χ2n) is 6.49. The van der Waals surface area contributed by atoms with E-state index in [-0.39, 0.29) is 16.9 Å². The predicted octanol–water partition coefficient (Wildman–Crippen LogP) is 2.39. The SMILES string of the molecule is COC(=O)c1cc(OC(=O)[C@H](C)NC(=O)/C=C/c2ccc(OC)cc2)cc(C(=O)OC)c1. The Bertz CT molecular complexity index is 993. The van der Waals surface area contributed by atoms with Crippen molar-refractivity contribution in [2.45, 2.75) is 13.0 Å². The Hall–Kier alpha value is -4.14. The van der Waals surface area contributed by atoms with Gasteiger partial charge in [-0.2, -0.15) is 0 Å². The summed E-state index contributed by atoms with van der Waals surface area (Å²) in [5, 5.41) is 2.48. The first kappa shape index (κ1) is 24.1. The van der Waals surface area contributed by atoms with Gasteiger partial charge in [-0.05, 0) is 48.9 Å². The van der Waals surface area contributed by atoms with Crippen LogP contribution in [0, 0.1) is 0 Å². The van der Waals surface area contributed by atoms with E-state index in [1.54, 1.807) is 37.5 Å². The summed E-state index contributed by atoms with van der Waals surface area (Å²) < 4.78 is 19.6. The van der Waals surface area contributed by atoms with Gasteiger partial charge in [0.25, 0.3) is 0 Å². The third kappa shape index (κ3) is 6.69. The minimum atomic E-state index is -1.01. The molecular weight excluding hydrogens is 418 g/mol. The third-order valence-corrected chi connectivity index (χ3v) is 4.22. The molecule has 0 aromatic heterocycles. The van der Waals surface area contributed by atoms with Crippen LogP contribution in [0.3, 0.4) is 0 Å². The smallest absolute Gasteiger partial charge is 0.338 e. The van der Waals surface area contributed by atoms with E-state index in [1.165, 1.54) is 45.4 Å². The number of rotatable bonds is 8. The fourth-order valence-electron chi connectivity index (χ4n) is 2.54. The minimum Gasteiger partial charge on any atom is -0.497 e. The van der Waals surface area contributed by atoms with Crippen LogP contribution in [-0.4, -0.2) is 51.2 Å². The van der Waals surface area contributed by atoms with Gasteiger partial charge in [0.2, 0.25) is 5.91 Å². The van der Waals surface area contributed by atoms with Gasteiger partial charge in [0, 0.05) is 6.08 Å². The molecule has 1 N–H and O–H groups in total. The number of carbonyl (C=O) groups is 4. The van der Waals surface area contributed by atoms with Crippen molar-refractivity contribution in [1.29, 1.82) is 0 Å². The zero-order chi connectivity index (χ0) is 23.7. The monoisotopic (exact) mass is 441 g/mol. The van der Waals surface area contributed by atoms with E-state index in [4.69, 9.17) is 9.47 Å². The number of carbonyl (C=O) groups excluding carboxylic acids is 4. The maximum absolute atomic E-state index is 12.4. The molecule has 0 radical (unpaired) electrons. The Kier molecular flexibility index (Phi) is 8.53. The molecule has 0 unspecified atom stereocenters. The van der Waals surface area contributed by atoms with Crippen molar-refractivity contribution < 1.29 is 38.1 Å². The van der Waals surface area contributed by atoms with Gasteiger partial charge in [-0.15, -0.1) is 0 Å². The second kappa shape index (κ2) is 11.3. The Morgan fingerprint density at radius 3 is 1.91 bits per heavy atom. The summed E-state index contributed by atoms with van der Waals surface area (Å²) in [7, 11) is 3.91. The van der Waals surface area contributed by atoms with Crippen LogP contribution in [0.5, 0.6) is 11.5 Å². The van der Waals surface area contributed by atoms with Crippen molar-refractivity contribution in [3.63, 3.8) is 0 Å². The number of amides is 1. The van der Waals surface area contributed by atoms with E-state index < -0.39 is 29.9 Å². The maximum atomic E-state index is 12.4. The van der Waals surface area contributed by atoms with Crippen LogP contribution in [-0.2, 0) is 19.1 Å². The summed E-state index contributed by atoms with van der Waals surface area (Å²) in [5.74, 6) is -2.14. The lowest BCUT2D eigenvalue weighted by Gasteiger charge is -2.13. The number of hydrogen-bond donors (Lipinski definition) is 1. The van der Waals surface area contributed by atoms with Crippen LogP contribution in [0.2, 0.25) is 0 Å². The topological polar surface area (TPSA) is 117 Å². The molecule has 0 aliphatic carbocycles. The van der Waals surface area contributed by atoms with Crippen molar-refractivity contribution in [2.24, 2.45) is 0 Å². The van der Waals surface area contributed by atoms with Gasteiger partial charge in [0.05, 0.1) is 32.5 Å². The molecule has 1 atom stereocenters. The standard InChI is InChI=1S/C23H23NO8/c1-14(24-20(25)10-7-15-5-8-18(29-2)9-6-15)21(26)32-19-12-16(22(27)30-3)11-17(13-19)23(28)31-4/h5-14H,1-4H3,(H,24,25)/b10-7+/t14-/m0/s1. The van der Waals surface area contributed by atoms with E-state index in [2.05, 4.69) is 14.8 Å². The molecular formula is C23H23NO8. The van der Waals surface area contributed by atoms with E-state index in [0.29, 0.717) is 5.75 Å². The van der Waals surface area contributed by atoms with Crippen LogP contribution >= 0.6 is 0 Å². The van der Waals surface area contributed by atoms with Gasteiger partial charge in [0.15, 0.2) is 0 Å². The molecule has 0 saturated carbocycles. The average Bonchev–Trinajstić information content (AvgIpc) is 2.81. The molecule has 0 heterocycles. The molecule has 2 aromatic carbocycles.